The van der Waals surface area contributed by atoms with Gasteiger partial charge in [-0.15, -0.1) is 0 Å². The number of carbonyl (C=O) groups is 2. The Bertz CT molecular complexity index is 428. The summed E-state index contributed by atoms with van der Waals surface area (Å²) in [7, 11) is 0. The fourth-order valence-electron chi connectivity index (χ4n) is 4.03. The molecule has 0 saturated heterocycles. The Hall–Kier alpha value is -1.10. The molecule has 5 nitrogen and oxygen atoms in total. The molecular formula is C27H53NO4. The molecule has 0 heterocycles. The van der Waals surface area contributed by atoms with Crippen LogP contribution in [-0.4, -0.2) is 29.7 Å². The zero-order chi connectivity index (χ0) is 23.7. The van der Waals surface area contributed by atoms with Crippen molar-refractivity contribution in [2.24, 2.45) is 5.73 Å². The van der Waals surface area contributed by atoms with Crippen LogP contribution in [0.1, 0.15) is 148 Å². The number of hydrogen-bond donors (Lipinski definition) is 2. The number of ether oxygens (including phenoxy) is 1. The first-order valence-electron chi connectivity index (χ1n) is 13.7. The van der Waals surface area contributed by atoms with Gasteiger partial charge in [-0.25, -0.2) is 0 Å². The molecule has 0 aliphatic heterocycles. The smallest absolute Gasteiger partial charge is 0.322 e. The molecule has 0 saturated carbocycles. The Morgan fingerprint density at radius 3 is 1.34 bits per heavy atom. The average Bonchev–Trinajstić information content (AvgIpc) is 2.78. The highest BCUT2D eigenvalue weighted by Gasteiger charge is 2.15. The van der Waals surface area contributed by atoms with E-state index >= 15 is 0 Å². The Morgan fingerprint density at radius 2 is 1.00 bits per heavy atom. The topological polar surface area (TPSA) is 89.6 Å². The van der Waals surface area contributed by atoms with Gasteiger partial charge in [0, 0.05) is 6.42 Å². The van der Waals surface area contributed by atoms with Gasteiger partial charge in [0.15, 0.2) is 0 Å². The van der Waals surface area contributed by atoms with Crippen molar-refractivity contribution in [3.63, 3.8) is 0 Å². The average molecular weight is 456 g/mol. The van der Waals surface area contributed by atoms with Crippen LogP contribution in [0.25, 0.3) is 0 Å². The molecule has 1 atom stereocenters. The summed E-state index contributed by atoms with van der Waals surface area (Å²) in [5.41, 5.74) is 5.62. The van der Waals surface area contributed by atoms with Crippen molar-refractivity contribution < 1.29 is 19.4 Å². The molecule has 0 spiro atoms. The van der Waals surface area contributed by atoms with E-state index in [1.54, 1.807) is 0 Å². The van der Waals surface area contributed by atoms with Gasteiger partial charge in [0.25, 0.3) is 0 Å². The van der Waals surface area contributed by atoms with Crippen LogP contribution in [0.2, 0.25) is 0 Å². The van der Waals surface area contributed by atoms with Crippen molar-refractivity contribution in [3.05, 3.63) is 0 Å². The Balaban J connectivity index is 3.18. The number of aliphatic carboxylic acids is 1. The van der Waals surface area contributed by atoms with E-state index in [0.29, 0.717) is 6.61 Å². The first-order valence-corrected chi connectivity index (χ1v) is 13.7. The van der Waals surface area contributed by atoms with Gasteiger partial charge >= 0.3 is 11.9 Å². The highest BCUT2D eigenvalue weighted by atomic mass is 16.5. The van der Waals surface area contributed by atoms with Crippen molar-refractivity contribution in [2.45, 2.75) is 154 Å². The summed E-state index contributed by atoms with van der Waals surface area (Å²) < 4.78 is 5.12. The third-order valence-corrected chi connectivity index (χ3v) is 6.21. The maximum atomic E-state index is 11.6. The van der Waals surface area contributed by atoms with E-state index in [9.17, 15) is 9.59 Å². The van der Waals surface area contributed by atoms with Crippen molar-refractivity contribution in [1.29, 1.82) is 0 Å². The minimum atomic E-state index is -0.942. The molecule has 0 aromatic heterocycles. The molecule has 0 radical (unpaired) electrons. The summed E-state index contributed by atoms with van der Waals surface area (Å²) in [5, 5.41) is 8.59. The zero-order valence-corrected chi connectivity index (χ0v) is 21.1. The highest BCUT2D eigenvalue weighted by Crippen LogP contribution is 2.14. The summed E-state index contributed by atoms with van der Waals surface area (Å²) in [6.45, 7) is 2.67. The van der Waals surface area contributed by atoms with E-state index < -0.39 is 18.0 Å². The molecule has 0 aromatic carbocycles. The van der Waals surface area contributed by atoms with Gasteiger partial charge in [-0.2, -0.15) is 0 Å². The lowest BCUT2D eigenvalue weighted by Crippen LogP contribution is -2.33. The predicted molar refractivity (Wildman–Crippen MR) is 134 cm³/mol. The van der Waals surface area contributed by atoms with Crippen molar-refractivity contribution in [2.75, 3.05) is 6.61 Å². The van der Waals surface area contributed by atoms with E-state index in [1.807, 2.05) is 0 Å². The SMILES string of the molecule is CCCCCCCCCCCCCCCCCCCCCCOC(=O)[C@@H](N)CCC(=O)O. The van der Waals surface area contributed by atoms with E-state index in [0.717, 1.165) is 12.8 Å². The van der Waals surface area contributed by atoms with Crippen LogP contribution in [0, 0.1) is 0 Å². The van der Waals surface area contributed by atoms with Crippen molar-refractivity contribution in [3.8, 4) is 0 Å². The minimum absolute atomic E-state index is 0.102. The van der Waals surface area contributed by atoms with Crippen LogP contribution >= 0.6 is 0 Å². The van der Waals surface area contributed by atoms with Crippen LogP contribution in [0.4, 0.5) is 0 Å². The van der Waals surface area contributed by atoms with E-state index in [2.05, 4.69) is 6.92 Å². The fourth-order valence-corrected chi connectivity index (χ4v) is 4.03. The van der Waals surface area contributed by atoms with Crippen molar-refractivity contribution >= 4 is 11.9 Å². The number of hydrogen-bond acceptors (Lipinski definition) is 4. The summed E-state index contributed by atoms with van der Waals surface area (Å²) in [6, 6.07) is -0.823. The van der Waals surface area contributed by atoms with Gasteiger partial charge in [-0.3, -0.25) is 9.59 Å². The molecule has 32 heavy (non-hydrogen) atoms. The maximum absolute atomic E-state index is 11.6. The Kier molecular flexibility index (Phi) is 23.7. The zero-order valence-electron chi connectivity index (χ0n) is 21.1. The lowest BCUT2D eigenvalue weighted by atomic mass is 10.0. The predicted octanol–water partition coefficient (Wildman–Crippen LogP) is 7.54. The lowest BCUT2D eigenvalue weighted by molar-refractivity contribution is -0.145. The van der Waals surface area contributed by atoms with Gasteiger partial charge in [0.2, 0.25) is 0 Å². The normalized spacial score (nSPS) is 12.1. The number of carboxylic acids is 1. The standard InChI is InChI=1S/C27H53NO4/c1-2-3-4-5-6-7-8-9-10-11-12-13-14-15-16-17-18-19-20-21-24-32-27(31)25(28)22-23-26(29)30/h25H,2-24,28H2,1H3,(H,29,30)/t25-/m0/s1. The third-order valence-electron chi connectivity index (χ3n) is 6.21. The second-order valence-corrected chi connectivity index (χ2v) is 9.42. The van der Waals surface area contributed by atoms with Crippen LogP contribution in [0.5, 0.6) is 0 Å². The molecule has 0 unspecified atom stereocenters. The van der Waals surface area contributed by atoms with E-state index in [-0.39, 0.29) is 12.8 Å². The van der Waals surface area contributed by atoms with Gasteiger partial charge in [0.1, 0.15) is 6.04 Å². The number of rotatable bonds is 25. The maximum Gasteiger partial charge on any atom is 0.322 e. The first kappa shape index (κ1) is 30.9. The molecule has 5 heteroatoms. The second-order valence-electron chi connectivity index (χ2n) is 9.42. The number of unbranched alkanes of at least 4 members (excludes halogenated alkanes) is 19. The molecule has 3 N–H and O–H groups in total. The molecule has 0 amide bonds. The highest BCUT2D eigenvalue weighted by molar-refractivity contribution is 5.76. The summed E-state index contributed by atoms with van der Waals surface area (Å²) in [6.07, 6.45) is 26.8. The fraction of sp³-hybridized carbons (Fsp3) is 0.926. The molecule has 0 fully saturated rings. The van der Waals surface area contributed by atoms with Crippen LogP contribution in [0.15, 0.2) is 0 Å². The number of nitrogens with two attached hydrogens (primary N) is 1. The summed E-state index contributed by atoms with van der Waals surface area (Å²) >= 11 is 0. The lowest BCUT2D eigenvalue weighted by Gasteiger charge is -2.10. The Labute approximate surface area is 198 Å². The Morgan fingerprint density at radius 1 is 0.656 bits per heavy atom. The van der Waals surface area contributed by atoms with Crippen molar-refractivity contribution in [1.82, 2.24) is 0 Å². The molecule has 0 aliphatic carbocycles. The molecule has 0 bridgehead atoms. The number of carboxylic acid groups (broad SMARTS) is 1. The quantitative estimate of drug-likeness (QED) is 0.110. The van der Waals surface area contributed by atoms with E-state index in [4.69, 9.17) is 15.6 Å². The number of carbonyl (C=O) groups excluding carboxylic acids is 1. The van der Waals surface area contributed by atoms with Crippen LogP contribution in [-0.2, 0) is 14.3 Å². The summed E-state index contributed by atoms with van der Waals surface area (Å²) in [4.78, 5) is 22.1. The summed E-state index contributed by atoms with van der Waals surface area (Å²) in [5.74, 6) is -1.42. The monoisotopic (exact) mass is 455 g/mol. The van der Waals surface area contributed by atoms with Gasteiger partial charge in [-0.05, 0) is 12.8 Å². The van der Waals surface area contributed by atoms with Gasteiger partial charge in [0.05, 0.1) is 6.61 Å². The molecule has 0 aliphatic rings. The minimum Gasteiger partial charge on any atom is -0.481 e. The van der Waals surface area contributed by atoms with Gasteiger partial charge < -0.3 is 15.6 Å². The molecule has 0 rings (SSSR count). The van der Waals surface area contributed by atoms with Crippen LogP contribution in [0.3, 0.4) is 0 Å². The molecular weight excluding hydrogens is 402 g/mol. The third kappa shape index (κ3) is 23.6. The van der Waals surface area contributed by atoms with Gasteiger partial charge in [-0.1, -0.05) is 129 Å². The van der Waals surface area contributed by atoms with Crippen LogP contribution < -0.4 is 5.73 Å². The number of esters is 1. The molecule has 0 aromatic rings. The molecule has 190 valence electrons. The first-order chi connectivity index (χ1) is 15.6. The second kappa shape index (κ2) is 24.5. The largest absolute Gasteiger partial charge is 0.481 e. The van der Waals surface area contributed by atoms with E-state index in [1.165, 1.54) is 116 Å².